The molecule has 204 valence electrons. The van der Waals surface area contributed by atoms with Crippen LogP contribution in [0.1, 0.15) is 68.3 Å². The minimum Gasteiger partial charge on any atom is -0.443 e. The van der Waals surface area contributed by atoms with Crippen molar-refractivity contribution in [2.24, 2.45) is 5.92 Å². The summed E-state index contributed by atoms with van der Waals surface area (Å²) in [5.41, 5.74) is 3.01. The van der Waals surface area contributed by atoms with Crippen molar-refractivity contribution in [3.8, 4) is 17.3 Å². The lowest BCUT2D eigenvalue weighted by atomic mass is 9.50. The first-order valence-corrected chi connectivity index (χ1v) is 13.8. The Balaban J connectivity index is 0.999. The van der Waals surface area contributed by atoms with Crippen LogP contribution in [0.2, 0.25) is 0 Å². The maximum Gasteiger partial charge on any atom is 0.407 e. The van der Waals surface area contributed by atoms with Crippen molar-refractivity contribution in [1.29, 1.82) is 5.26 Å². The van der Waals surface area contributed by atoms with Gasteiger partial charge in [0.05, 0.1) is 23.5 Å². The summed E-state index contributed by atoms with van der Waals surface area (Å²) in [5, 5.41) is 27.4. The monoisotopic (exact) mass is 542 g/mol. The average molecular weight is 543 g/mol. The number of alkyl halides is 1. The second-order valence-corrected chi connectivity index (χ2v) is 11.6. The first-order chi connectivity index (χ1) is 19.5. The zero-order valence-electron chi connectivity index (χ0n) is 21.5. The normalized spacial score (nSPS) is 28.5. The predicted molar refractivity (Wildman–Crippen MR) is 139 cm³/mol. The van der Waals surface area contributed by atoms with E-state index in [4.69, 9.17) is 4.74 Å². The number of carbonyl (C=O) groups is 1. The Labute approximate surface area is 227 Å². The topological polar surface area (TPSA) is 151 Å². The van der Waals surface area contributed by atoms with Crippen molar-refractivity contribution in [3.05, 3.63) is 42.1 Å². The SMILES string of the molecule is N#Cc1cn2c(Nc3cc([C@@H]4CC[C@H](OC(=O)NC56CC(C5)C6)[C@H]4F)[nH]n3)ncc(-c3ccnn3C3CC3)c2n1. The van der Waals surface area contributed by atoms with Crippen molar-refractivity contribution in [2.45, 2.75) is 74.7 Å². The molecule has 5 aliphatic rings. The molecule has 2 bridgehead atoms. The number of nitriles is 1. The molecule has 3 atom stereocenters. The zero-order valence-corrected chi connectivity index (χ0v) is 21.5. The van der Waals surface area contributed by atoms with Gasteiger partial charge in [-0.15, -0.1) is 0 Å². The van der Waals surface area contributed by atoms with E-state index >= 15 is 4.39 Å². The van der Waals surface area contributed by atoms with E-state index in [1.54, 1.807) is 29.1 Å². The molecule has 4 aromatic rings. The number of H-pyrrole nitrogens is 1. The Morgan fingerprint density at radius 3 is 2.85 bits per heavy atom. The molecule has 0 aliphatic heterocycles. The summed E-state index contributed by atoms with van der Waals surface area (Å²) in [7, 11) is 0. The van der Waals surface area contributed by atoms with Gasteiger partial charge in [-0.2, -0.15) is 15.5 Å². The number of ether oxygens (including phenoxy) is 1. The quantitative estimate of drug-likeness (QED) is 0.315. The second kappa shape index (κ2) is 8.51. The number of aromatic amines is 1. The molecule has 4 heterocycles. The Kier molecular flexibility index (Phi) is 4.98. The molecule has 3 N–H and O–H groups in total. The summed E-state index contributed by atoms with van der Waals surface area (Å²) in [4.78, 5) is 21.5. The molecule has 5 saturated carbocycles. The van der Waals surface area contributed by atoms with Crippen LogP contribution in [0.3, 0.4) is 0 Å². The first-order valence-electron chi connectivity index (χ1n) is 13.8. The minimum atomic E-state index is -1.33. The molecule has 0 aromatic carbocycles. The van der Waals surface area contributed by atoms with Crippen LogP contribution >= 0.6 is 0 Å². The number of halogens is 1. The summed E-state index contributed by atoms with van der Waals surface area (Å²) < 4.78 is 24.5. The number of aromatic nitrogens is 7. The van der Waals surface area contributed by atoms with Crippen LogP contribution in [0, 0.1) is 17.2 Å². The number of rotatable bonds is 7. The Morgan fingerprint density at radius 1 is 1.25 bits per heavy atom. The molecule has 5 aliphatic carbocycles. The van der Waals surface area contributed by atoms with Crippen LogP contribution in [0.15, 0.2) is 30.7 Å². The number of nitrogens with zero attached hydrogens (tertiary/aromatic N) is 7. The molecule has 4 aromatic heterocycles. The number of nitrogens with one attached hydrogen (secondary N) is 3. The molecule has 0 spiro atoms. The molecule has 1 amide bonds. The van der Waals surface area contributed by atoms with Crippen LogP contribution in [0.5, 0.6) is 0 Å². The second-order valence-electron chi connectivity index (χ2n) is 11.6. The van der Waals surface area contributed by atoms with Gasteiger partial charge in [-0.25, -0.2) is 19.2 Å². The summed E-state index contributed by atoms with van der Waals surface area (Å²) in [6.07, 6.45) is 8.61. The third kappa shape index (κ3) is 3.73. The van der Waals surface area contributed by atoms with Gasteiger partial charge in [0.25, 0.3) is 0 Å². The molecule has 40 heavy (non-hydrogen) atoms. The number of hydrogen-bond donors (Lipinski definition) is 3. The fourth-order valence-corrected chi connectivity index (χ4v) is 6.53. The highest BCUT2D eigenvalue weighted by Crippen LogP contribution is 2.57. The van der Waals surface area contributed by atoms with Gasteiger partial charge in [0.1, 0.15) is 18.3 Å². The maximum atomic E-state index is 15.4. The number of fused-ring (bicyclic) bond motifs is 1. The smallest absolute Gasteiger partial charge is 0.407 e. The van der Waals surface area contributed by atoms with E-state index < -0.39 is 24.3 Å². The fraction of sp³-hybridized carbons (Fsp3) is 0.481. The number of hydrogen-bond acceptors (Lipinski definition) is 8. The Hall–Kier alpha value is -4.47. The summed E-state index contributed by atoms with van der Waals surface area (Å²) >= 11 is 0. The lowest BCUT2D eigenvalue weighted by Gasteiger charge is -2.61. The van der Waals surface area contributed by atoms with Gasteiger partial charge < -0.3 is 15.4 Å². The van der Waals surface area contributed by atoms with Crippen molar-refractivity contribution in [2.75, 3.05) is 5.32 Å². The maximum absolute atomic E-state index is 15.4. The molecule has 0 radical (unpaired) electrons. The summed E-state index contributed by atoms with van der Waals surface area (Å²) in [6.45, 7) is 0. The van der Waals surface area contributed by atoms with Crippen LogP contribution < -0.4 is 10.6 Å². The third-order valence-electron chi connectivity index (χ3n) is 8.85. The van der Waals surface area contributed by atoms with E-state index in [-0.39, 0.29) is 11.2 Å². The van der Waals surface area contributed by atoms with Crippen LogP contribution in [-0.4, -0.2) is 58.3 Å². The molecule has 13 heteroatoms. The van der Waals surface area contributed by atoms with Crippen LogP contribution in [-0.2, 0) is 4.74 Å². The Bertz CT molecular complexity index is 1660. The molecule has 0 saturated heterocycles. The Morgan fingerprint density at radius 2 is 2.10 bits per heavy atom. The van der Waals surface area contributed by atoms with Crippen molar-refractivity contribution in [3.63, 3.8) is 0 Å². The molecule has 12 nitrogen and oxygen atoms in total. The average Bonchev–Trinajstić information content (AvgIpc) is 3.27. The summed E-state index contributed by atoms with van der Waals surface area (Å²) in [6, 6.07) is 6.14. The minimum absolute atomic E-state index is 0.102. The predicted octanol–water partition coefficient (Wildman–Crippen LogP) is 4.13. The molecule has 0 unspecified atom stereocenters. The standard InChI is InChI=1S/C27H27FN10O2/c28-23-17(3-4-21(23)40-26(39)34-27-8-14(9-27)10-27)19-7-22(36-35-19)33-25-30-12-18(24-32-15(11-29)13-37(24)25)20-5-6-31-38(20)16-1-2-16/h5-7,12-14,16-17,21,23H,1-4,8-10H2,(H,34,39)(H2,30,33,35,36)/t14?,17-,21-,23-,27?/m0/s1. The highest BCUT2D eigenvalue weighted by Gasteiger charge is 2.58. The van der Waals surface area contributed by atoms with Gasteiger partial charge in [0.15, 0.2) is 17.2 Å². The first kappa shape index (κ1) is 23.4. The highest BCUT2D eigenvalue weighted by molar-refractivity contribution is 5.77. The molecule has 9 rings (SSSR count). The molecular formula is C27H27FN10O2. The number of anilines is 2. The largest absolute Gasteiger partial charge is 0.443 e. The lowest BCUT2D eigenvalue weighted by molar-refractivity contribution is -0.0532. The van der Waals surface area contributed by atoms with Gasteiger partial charge in [0, 0.05) is 35.6 Å². The van der Waals surface area contributed by atoms with E-state index in [0.717, 1.165) is 49.3 Å². The van der Waals surface area contributed by atoms with Crippen molar-refractivity contribution >= 4 is 23.5 Å². The van der Waals surface area contributed by atoms with Crippen molar-refractivity contribution < 1.29 is 13.9 Å². The highest BCUT2D eigenvalue weighted by atomic mass is 19.1. The van der Waals surface area contributed by atoms with Gasteiger partial charge in [-0.3, -0.25) is 14.2 Å². The number of carbonyl (C=O) groups excluding carboxylic acids is 1. The van der Waals surface area contributed by atoms with Crippen molar-refractivity contribution in [1.82, 2.24) is 39.7 Å². The van der Waals surface area contributed by atoms with Gasteiger partial charge in [-0.05, 0) is 56.9 Å². The molecular weight excluding hydrogens is 515 g/mol. The van der Waals surface area contributed by atoms with Gasteiger partial charge >= 0.3 is 6.09 Å². The fourth-order valence-electron chi connectivity index (χ4n) is 6.53. The third-order valence-corrected chi connectivity index (χ3v) is 8.85. The van der Waals surface area contributed by atoms with Crippen LogP contribution in [0.25, 0.3) is 16.9 Å². The number of amides is 1. The van der Waals surface area contributed by atoms with E-state index in [0.29, 0.717) is 42.0 Å². The van der Waals surface area contributed by atoms with Gasteiger partial charge in [0.2, 0.25) is 5.95 Å². The van der Waals surface area contributed by atoms with E-state index in [2.05, 4.69) is 42.0 Å². The number of alkyl carbamates (subject to hydrolysis) is 1. The van der Waals surface area contributed by atoms with Crippen LogP contribution in [0.4, 0.5) is 21.0 Å². The zero-order chi connectivity index (χ0) is 27.0. The number of imidazole rings is 1. The lowest BCUT2D eigenvalue weighted by Crippen LogP contribution is -2.68. The van der Waals surface area contributed by atoms with Gasteiger partial charge in [-0.1, -0.05) is 0 Å². The van der Waals surface area contributed by atoms with E-state index in [1.165, 1.54) is 0 Å². The molecule has 5 fully saturated rings. The van der Waals surface area contributed by atoms with E-state index in [9.17, 15) is 10.1 Å². The summed E-state index contributed by atoms with van der Waals surface area (Å²) in [5.74, 6) is 1.13. The van der Waals surface area contributed by atoms with E-state index in [1.807, 2.05) is 10.7 Å².